The van der Waals surface area contributed by atoms with Crippen molar-refractivity contribution in [1.29, 1.82) is 0 Å². The Labute approximate surface area is 165 Å². The van der Waals surface area contributed by atoms with Crippen LogP contribution in [0.1, 0.15) is 37.5 Å². The second-order valence-corrected chi connectivity index (χ2v) is 8.39. The molecule has 2 amide bonds. The quantitative estimate of drug-likeness (QED) is 0.368. The van der Waals surface area contributed by atoms with Gasteiger partial charge in [-0.15, -0.1) is 11.3 Å². The zero-order valence-corrected chi connectivity index (χ0v) is 16.7. The zero-order valence-electron chi connectivity index (χ0n) is 14.3. The number of carboxylic acids is 1. The van der Waals surface area contributed by atoms with E-state index in [9.17, 15) is 14.4 Å². The maximum atomic E-state index is 12.6. The lowest BCUT2D eigenvalue weighted by atomic mass is 10.2. The molecule has 0 aliphatic carbocycles. The molecule has 0 aromatic carbocycles. The first-order valence-corrected chi connectivity index (χ1v) is 10.3. The Morgan fingerprint density at radius 2 is 2.15 bits per heavy atom. The third kappa shape index (κ3) is 5.65. The van der Waals surface area contributed by atoms with Gasteiger partial charge in [0.05, 0.1) is 4.91 Å². The second-order valence-electron chi connectivity index (χ2n) is 5.74. The van der Waals surface area contributed by atoms with Gasteiger partial charge in [0, 0.05) is 17.8 Å². The predicted octanol–water partition coefficient (Wildman–Crippen LogP) is 3.10. The SMILES string of the molecule is CC(C(=O)NCCCCCC(=O)O)N1C(=O)/C(=C/c2cccs2)SC1=S. The topological polar surface area (TPSA) is 86.7 Å². The summed E-state index contributed by atoms with van der Waals surface area (Å²) in [6.07, 6.45) is 3.94. The Kier molecular flexibility index (Phi) is 7.80. The number of nitrogens with one attached hydrogen (secondary N) is 1. The molecule has 0 bridgehead atoms. The number of nitrogens with zero attached hydrogens (tertiary/aromatic N) is 1. The van der Waals surface area contributed by atoms with Gasteiger partial charge >= 0.3 is 5.97 Å². The van der Waals surface area contributed by atoms with Crippen molar-refractivity contribution >= 4 is 63.5 Å². The Hall–Kier alpha value is -1.71. The van der Waals surface area contributed by atoms with Crippen LogP contribution in [0.5, 0.6) is 0 Å². The lowest BCUT2D eigenvalue weighted by Gasteiger charge is -2.22. The van der Waals surface area contributed by atoms with Crippen molar-refractivity contribution in [2.24, 2.45) is 0 Å². The van der Waals surface area contributed by atoms with Crippen molar-refractivity contribution < 1.29 is 19.5 Å². The third-order valence-electron chi connectivity index (χ3n) is 3.77. The fourth-order valence-electron chi connectivity index (χ4n) is 2.37. The van der Waals surface area contributed by atoms with E-state index >= 15 is 0 Å². The van der Waals surface area contributed by atoms with Gasteiger partial charge in [0.1, 0.15) is 10.4 Å². The number of carbonyl (C=O) groups excluding carboxylic acids is 2. The van der Waals surface area contributed by atoms with Gasteiger partial charge in [-0.2, -0.15) is 0 Å². The van der Waals surface area contributed by atoms with Crippen molar-refractivity contribution in [2.45, 2.75) is 38.6 Å². The van der Waals surface area contributed by atoms with E-state index < -0.39 is 12.0 Å². The van der Waals surface area contributed by atoms with Crippen LogP contribution in [0.25, 0.3) is 6.08 Å². The average molecular weight is 413 g/mol. The highest BCUT2D eigenvalue weighted by atomic mass is 32.2. The number of hydrogen-bond donors (Lipinski definition) is 2. The number of thioether (sulfide) groups is 1. The first-order chi connectivity index (χ1) is 12.4. The first-order valence-electron chi connectivity index (χ1n) is 8.20. The van der Waals surface area contributed by atoms with E-state index in [2.05, 4.69) is 5.32 Å². The van der Waals surface area contributed by atoms with E-state index in [0.717, 1.165) is 11.3 Å². The fraction of sp³-hybridized carbons (Fsp3) is 0.412. The number of thiophene rings is 1. The number of rotatable bonds is 9. The Balaban J connectivity index is 1.85. The number of amides is 2. The van der Waals surface area contributed by atoms with E-state index in [1.165, 1.54) is 28.0 Å². The van der Waals surface area contributed by atoms with Gasteiger partial charge in [0.25, 0.3) is 5.91 Å². The van der Waals surface area contributed by atoms with Gasteiger partial charge in [-0.3, -0.25) is 19.3 Å². The van der Waals surface area contributed by atoms with Gasteiger partial charge in [-0.25, -0.2) is 0 Å². The third-order valence-corrected chi connectivity index (χ3v) is 5.92. The molecule has 1 aliphatic heterocycles. The van der Waals surface area contributed by atoms with Crippen LogP contribution in [-0.4, -0.2) is 44.7 Å². The molecule has 2 heterocycles. The molecular weight excluding hydrogens is 392 g/mol. The summed E-state index contributed by atoms with van der Waals surface area (Å²) in [4.78, 5) is 38.2. The maximum absolute atomic E-state index is 12.6. The number of aliphatic carboxylic acids is 1. The van der Waals surface area contributed by atoms with Crippen molar-refractivity contribution in [3.05, 3.63) is 27.3 Å². The van der Waals surface area contributed by atoms with Crippen LogP contribution in [-0.2, 0) is 14.4 Å². The monoisotopic (exact) mass is 412 g/mol. The lowest BCUT2D eigenvalue weighted by molar-refractivity contribution is -0.137. The molecule has 0 spiro atoms. The number of thiocarbonyl (C=S) groups is 1. The van der Waals surface area contributed by atoms with Gasteiger partial charge in [-0.1, -0.05) is 36.5 Å². The van der Waals surface area contributed by atoms with E-state index in [1.807, 2.05) is 17.5 Å². The summed E-state index contributed by atoms with van der Waals surface area (Å²) in [5.41, 5.74) is 0. The molecule has 6 nitrogen and oxygen atoms in total. The molecule has 2 N–H and O–H groups in total. The molecule has 0 radical (unpaired) electrons. The highest BCUT2D eigenvalue weighted by Gasteiger charge is 2.38. The summed E-state index contributed by atoms with van der Waals surface area (Å²) < 4.78 is 0.377. The second kappa shape index (κ2) is 9.84. The van der Waals surface area contributed by atoms with Gasteiger partial charge < -0.3 is 10.4 Å². The standard InChI is InChI=1S/C17H20N2O4S3/c1-11(15(22)18-8-4-2-3-7-14(20)21)19-16(23)13(26-17(19)24)10-12-6-5-9-25-12/h5-6,9-11H,2-4,7-8H2,1H3,(H,18,22)(H,20,21)/b13-10-. The molecule has 1 fully saturated rings. The number of carboxylic acid groups (broad SMARTS) is 1. The molecule has 1 aromatic heterocycles. The Morgan fingerprint density at radius 1 is 1.38 bits per heavy atom. The van der Waals surface area contributed by atoms with E-state index in [4.69, 9.17) is 17.3 Å². The maximum Gasteiger partial charge on any atom is 0.303 e. The summed E-state index contributed by atoms with van der Waals surface area (Å²) in [7, 11) is 0. The summed E-state index contributed by atoms with van der Waals surface area (Å²) in [5.74, 6) is -1.33. The summed E-state index contributed by atoms with van der Waals surface area (Å²) >= 11 is 8.01. The van der Waals surface area contributed by atoms with Crippen LogP contribution in [0.2, 0.25) is 0 Å². The Morgan fingerprint density at radius 3 is 2.81 bits per heavy atom. The number of hydrogen-bond acceptors (Lipinski definition) is 6. The van der Waals surface area contributed by atoms with Crippen LogP contribution in [0.3, 0.4) is 0 Å². The van der Waals surface area contributed by atoms with Crippen molar-refractivity contribution in [1.82, 2.24) is 10.2 Å². The molecule has 2 rings (SSSR count). The van der Waals surface area contributed by atoms with E-state index in [1.54, 1.807) is 13.0 Å². The van der Waals surface area contributed by atoms with Gasteiger partial charge in [-0.05, 0) is 37.3 Å². The smallest absolute Gasteiger partial charge is 0.303 e. The molecule has 0 saturated carbocycles. The molecule has 1 aromatic rings. The van der Waals surface area contributed by atoms with E-state index in [0.29, 0.717) is 28.6 Å². The van der Waals surface area contributed by atoms with Crippen LogP contribution in [0, 0.1) is 0 Å². The van der Waals surface area contributed by atoms with E-state index in [-0.39, 0.29) is 18.2 Å². The highest BCUT2D eigenvalue weighted by molar-refractivity contribution is 8.26. The van der Waals surface area contributed by atoms with Crippen LogP contribution in [0.4, 0.5) is 0 Å². The van der Waals surface area contributed by atoms with Crippen LogP contribution < -0.4 is 5.32 Å². The molecule has 140 valence electrons. The number of carbonyl (C=O) groups is 3. The molecule has 1 saturated heterocycles. The van der Waals surface area contributed by atoms with Crippen LogP contribution in [0.15, 0.2) is 22.4 Å². The molecule has 1 atom stereocenters. The van der Waals surface area contributed by atoms with Crippen LogP contribution >= 0.6 is 35.3 Å². The minimum Gasteiger partial charge on any atom is -0.481 e. The zero-order chi connectivity index (χ0) is 19.1. The number of unbranched alkanes of at least 4 members (excludes halogenated alkanes) is 2. The normalized spacial score (nSPS) is 17.0. The highest BCUT2D eigenvalue weighted by Crippen LogP contribution is 2.34. The van der Waals surface area contributed by atoms with Crippen molar-refractivity contribution in [2.75, 3.05) is 6.54 Å². The Bertz CT molecular complexity index is 716. The van der Waals surface area contributed by atoms with Crippen molar-refractivity contribution in [3.8, 4) is 0 Å². The molecule has 9 heteroatoms. The van der Waals surface area contributed by atoms with Gasteiger partial charge in [0.2, 0.25) is 5.91 Å². The van der Waals surface area contributed by atoms with Gasteiger partial charge in [0.15, 0.2) is 0 Å². The molecular formula is C17H20N2O4S3. The van der Waals surface area contributed by atoms with Crippen molar-refractivity contribution in [3.63, 3.8) is 0 Å². The summed E-state index contributed by atoms with van der Waals surface area (Å²) in [5, 5.41) is 13.3. The summed E-state index contributed by atoms with van der Waals surface area (Å²) in [6, 6.07) is 3.14. The fourth-order valence-corrected chi connectivity index (χ4v) is 4.51. The molecule has 1 aliphatic rings. The largest absolute Gasteiger partial charge is 0.481 e. The molecule has 1 unspecified atom stereocenters. The predicted molar refractivity (Wildman–Crippen MR) is 108 cm³/mol. The lowest BCUT2D eigenvalue weighted by Crippen LogP contribution is -2.47. The minimum absolute atomic E-state index is 0.136. The average Bonchev–Trinajstić information content (AvgIpc) is 3.18. The molecule has 26 heavy (non-hydrogen) atoms. The minimum atomic E-state index is -0.812. The summed E-state index contributed by atoms with van der Waals surface area (Å²) in [6.45, 7) is 2.10. The first kappa shape index (κ1) is 20.6.